The number of carbonyl (C=O) groups is 1. The molecule has 2 aromatic carbocycles. The van der Waals surface area contributed by atoms with Crippen molar-refractivity contribution in [3.8, 4) is 0 Å². The summed E-state index contributed by atoms with van der Waals surface area (Å²) in [6, 6.07) is 14.0. The zero-order valence-electron chi connectivity index (χ0n) is 15.2. The number of sulfonamides is 1. The van der Waals surface area contributed by atoms with Crippen LogP contribution in [-0.2, 0) is 14.8 Å². The Hall–Kier alpha value is -2.31. The molecule has 0 radical (unpaired) electrons. The predicted molar refractivity (Wildman–Crippen MR) is 109 cm³/mol. The van der Waals surface area contributed by atoms with Crippen molar-refractivity contribution in [2.24, 2.45) is 0 Å². The van der Waals surface area contributed by atoms with E-state index >= 15 is 0 Å². The maximum Gasteiger partial charge on any atom is 0.270 e. The lowest BCUT2D eigenvalue weighted by molar-refractivity contribution is -0.116. The second-order valence-corrected chi connectivity index (χ2v) is 8.66. The number of anilines is 1. The monoisotopic (exact) mass is 404 g/mol. The van der Waals surface area contributed by atoms with Gasteiger partial charge in [0.05, 0.1) is 5.69 Å². The Balaban J connectivity index is 2.30. The van der Waals surface area contributed by atoms with Crippen LogP contribution in [0.15, 0.2) is 53.4 Å². The van der Waals surface area contributed by atoms with Crippen LogP contribution in [0.3, 0.4) is 0 Å². The molecule has 5 nitrogen and oxygen atoms in total. The SMILES string of the molecule is CCCCNC(=O)C1=C(c2ccccc2)c2cc(Cl)ccc2N(C)S1(=O)=O. The van der Waals surface area contributed by atoms with Gasteiger partial charge in [-0.1, -0.05) is 55.3 Å². The lowest BCUT2D eigenvalue weighted by Crippen LogP contribution is -2.39. The van der Waals surface area contributed by atoms with Crippen LogP contribution < -0.4 is 9.62 Å². The number of unbranched alkanes of at least 4 members (excludes halogenated alkanes) is 1. The first-order valence-corrected chi connectivity index (χ1v) is 10.6. The molecule has 2 aromatic rings. The molecule has 0 aromatic heterocycles. The second-order valence-electron chi connectivity index (χ2n) is 6.31. The van der Waals surface area contributed by atoms with Gasteiger partial charge < -0.3 is 5.32 Å². The first kappa shape index (κ1) is 19.5. The standard InChI is InChI=1S/C20H21ClN2O3S/c1-3-4-12-22-20(24)19-18(14-8-6-5-7-9-14)16-13-15(21)10-11-17(16)23(2)27(19,25)26/h5-11,13H,3-4,12H2,1-2H3,(H,22,24). The molecule has 0 saturated carbocycles. The van der Waals surface area contributed by atoms with Gasteiger partial charge >= 0.3 is 0 Å². The molecule has 142 valence electrons. The van der Waals surface area contributed by atoms with E-state index in [0.717, 1.165) is 17.1 Å². The van der Waals surface area contributed by atoms with Gasteiger partial charge in [0.15, 0.2) is 4.91 Å². The van der Waals surface area contributed by atoms with Gasteiger partial charge in [-0.25, -0.2) is 8.42 Å². The molecule has 1 aliphatic heterocycles. The van der Waals surface area contributed by atoms with Crippen molar-refractivity contribution in [2.75, 3.05) is 17.9 Å². The summed E-state index contributed by atoms with van der Waals surface area (Å²) in [4.78, 5) is 12.7. The van der Waals surface area contributed by atoms with Gasteiger partial charge in [0.1, 0.15) is 0 Å². The van der Waals surface area contributed by atoms with E-state index in [1.807, 2.05) is 25.1 Å². The summed E-state index contributed by atoms with van der Waals surface area (Å²) >= 11 is 6.19. The third kappa shape index (κ3) is 3.59. The molecule has 27 heavy (non-hydrogen) atoms. The van der Waals surface area contributed by atoms with Crippen molar-refractivity contribution in [2.45, 2.75) is 19.8 Å². The van der Waals surface area contributed by atoms with E-state index in [1.54, 1.807) is 30.3 Å². The number of fused-ring (bicyclic) bond motifs is 1. The van der Waals surface area contributed by atoms with Crippen LogP contribution >= 0.6 is 11.6 Å². The molecule has 3 rings (SSSR count). The van der Waals surface area contributed by atoms with Crippen LogP contribution in [0, 0.1) is 0 Å². The number of halogens is 1. The smallest absolute Gasteiger partial charge is 0.270 e. The molecule has 0 atom stereocenters. The predicted octanol–water partition coefficient (Wildman–Crippen LogP) is 3.80. The van der Waals surface area contributed by atoms with Crippen LogP contribution in [0.2, 0.25) is 5.02 Å². The van der Waals surface area contributed by atoms with Crippen LogP contribution in [-0.4, -0.2) is 27.9 Å². The zero-order valence-corrected chi connectivity index (χ0v) is 16.8. The highest BCUT2D eigenvalue weighted by Crippen LogP contribution is 2.43. The topological polar surface area (TPSA) is 66.5 Å². The van der Waals surface area contributed by atoms with Crippen LogP contribution in [0.4, 0.5) is 5.69 Å². The second kappa shape index (κ2) is 7.74. The van der Waals surface area contributed by atoms with E-state index < -0.39 is 15.9 Å². The Morgan fingerprint density at radius 2 is 1.85 bits per heavy atom. The number of amides is 1. The molecule has 1 amide bonds. The van der Waals surface area contributed by atoms with E-state index in [2.05, 4.69) is 5.32 Å². The van der Waals surface area contributed by atoms with Crippen LogP contribution in [0.5, 0.6) is 0 Å². The fraction of sp³-hybridized carbons (Fsp3) is 0.250. The van der Waals surface area contributed by atoms with Gasteiger partial charge in [0, 0.05) is 29.8 Å². The fourth-order valence-corrected chi connectivity index (χ4v) is 4.74. The van der Waals surface area contributed by atoms with Crippen molar-refractivity contribution in [1.29, 1.82) is 0 Å². The zero-order chi connectivity index (χ0) is 19.6. The summed E-state index contributed by atoms with van der Waals surface area (Å²) in [6.45, 7) is 2.42. The Morgan fingerprint density at radius 3 is 2.52 bits per heavy atom. The number of hydrogen-bond acceptors (Lipinski definition) is 3. The normalized spacial score (nSPS) is 15.4. The van der Waals surface area contributed by atoms with Crippen molar-refractivity contribution < 1.29 is 13.2 Å². The summed E-state index contributed by atoms with van der Waals surface area (Å²) in [5.74, 6) is -0.597. The molecular formula is C20H21ClN2O3S. The molecule has 1 aliphatic rings. The largest absolute Gasteiger partial charge is 0.351 e. The van der Waals surface area contributed by atoms with Gasteiger partial charge in [0.2, 0.25) is 0 Å². The Bertz CT molecular complexity index is 1000. The summed E-state index contributed by atoms with van der Waals surface area (Å²) in [5, 5.41) is 3.21. The molecular weight excluding hydrogens is 384 g/mol. The van der Waals surface area contributed by atoms with Crippen LogP contribution in [0.25, 0.3) is 5.57 Å². The molecule has 0 fully saturated rings. The molecule has 0 spiro atoms. The highest BCUT2D eigenvalue weighted by Gasteiger charge is 2.39. The van der Waals surface area contributed by atoms with Gasteiger partial charge in [-0.05, 0) is 30.2 Å². The number of nitrogens with zero attached hydrogens (tertiary/aromatic N) is 1. The highest BCUT2D eigenvalue weighted by molar-refractivity contribution is 7.97. The summed E-state index contributed by atoms with van der Waals surface area (Å²) in [7, 11) is -2.56. The molecule has 1 heterocycles. The lowest BCUT2D eigenvalue weighted by Gasteiger charge is -2.31. The number of rotatable bonds is 5. The minimum atomic E-state index is -4.00. The third-order valence-electron chi connectivity index (χ3n) is 4.50. The fourth-order valence-electron chi connectivity index (χ4n) is 3.08. The quantitative estimate of drug-likeness (QED) is 0.771. The molecule has 0 aliphatic carbocycles. The van der Waals surface area contributed by atoms with E-state index in [9.17, 15) is 13.2 Å². The van der Waals surface area contributed by atoms with E-state index in [1.165, 1.54) is 7.05 Å². The molecule has 1 N–H and O–H groups in total. The maximum absolute atomic E-state index is 13.2. The van der Waals surface area contributed by atoms with Crippen molar-refractivity contribution >= 4 is 38.8 Å². The Kier molecular flexibility index (Phi) is 5.58. The lowest BCUT2D eigenvalue weighted by atomic mass is 9.95. The average Bonchev–Trinajstić information content (AvgIpc) is 2.65. The Labute approximate surface area is 164 Å². The number of carbonyl (C=O) groups excluding carboxylic acids is 1. The molecule has 0 unspecified atom stereocenters. The highest BCUT2D eigenvalue weighted by atomic mass is 35.5. The van der Waals surface area contributed by atoms with E-state index in [-0.39, 0.29) is 4.91 Å². The average molecular weight is 405 g/mol. The summed E-state index contributed by atoms with van der Waals surface area (Å²) in [6.07, 6.45) is 1.67. The molecule has 0 saturated heterocycles. The number of benzene rings is 2. The van der Waals surface area contributed by atoms with Crippen LogP contribution in [0.1, 0.15) is 30.9 Å². The van der Waals surface area contributed by atoms with Gasteiger partial charge in [-0.3, -0.25) is 9.10 Å². The number of nitrogens with one attached hydrogen (secondary N) is 1. The number of hydrogen-bond donors (Lipinski definition) is 1. The van der Waals surface area contributed by atoms with Gasteiger partial charge in [-0.2, -0.15) is 0 Å². The van der Waals surface area contributed by atoms with Crippen molar-refractivity contribution in [1.82, 2.24) is 5.32 Å². The Morgan fingerprint density at radius 1 is 1.15 bits per heavy atom. The van der Waals surface area contributed by atoms with Gasteiger partial charge in [-0.15, -0.1) is 0 Å². The maximum atomic E-state index is 13.2. The van der Waals surface area contributed by atoms with E-state index in [0.29, 0.717) is 34.0 Å². The minimum absolute atomic E-state index is 0.248. The summed E-state index contributed by atoms with van der Waals surface area (Å²) < 4.78 is 27.5. The first-order chi connectivity index (χ1) is 12.9. The van der Waals surface area contributed by atoms with Crippen molar-refractivity contribution in [3.63, 3.8) is 0 Å². The summed E-state index contributed by atoms with van der Waals surface area (Å²) in [5.41, 5.74) is 2.13. The molecule has 0 bridgehead atoms. The van der Waals surface area contributed by atoms with E-state index in [4.69, 9.17) is 11.6 Å². The van der Waals surface area contributed by atoms with Crippen molar-refractivity contribution in [3.05, 3.63) is 69.6 Å². The van der Waals surface area contributed by atoms with Gasteiger partial charge in [0.25, 0.3) is 15.9 Å². The third-order valence-corrected chi connectivity index (χ3v) is 6.56. The molecule has 7 heteroatoms. The minimum Gasteiger partial charge on any atom is -0.351 e. The first-order valence-electron chi connectivity index (χ1n) is 8.74.